The van der Waals surface area contributed by atoms with Gasteiger partial charge in [-0.1, -0.05) is 27.4 Å². The van der Waals surface area contributed by atoms with Crippen molar-refractivity contribution in [1.82, 2.24) is 0 Å². The van der Waals surface area contributed by atoms with Crippen LogP contribution < -0.4 is 10.2 Å². The predicted octanol–water partition coefficient (Wildman–Crippen LogP) is 7.21. The third kappa shape index (κ3) is 4.96. The van der Waals surface area contributed by atoms with Gasteiger partial charge in [-0.25, -0.2) is 0 Å². The number of halogens is 1. The zero-order chi connectivity index (χ0) is 20.5. The molecule has 0 fully saturated rings. The summed E-state index contributed by atoms with van der Waals surface area (Å²) in [5.74, 6) is 0. The third-order valence-electron chi connectivity index (χ3n) is 5.35. The van der Waals surface area contributed by atoms with Gasteiger partial charge in [0.25, 0.3) is 0 Å². The lowest BCUT2D eigenvalue weighted by molar-refractivity contribution is 0.411. The topological polar surface area (TPSA) is 15.3 Å². The van der Waals surface area contributed by atoms with Crippen LogP contribution in [0.5, 0.6) is 0 Å². The van der Waals surface area contributed by atoms with Crippen molar-refractivity contribution >= 4 is 22.7 Å². The standard InChI is InChI=1S/C24H33FN2S/c1-16-13-21-20(18(3)23(16)26-17(2)14-24(4,5)6)9-7-8-12-27(21)15-19-10-11-22(25)28-19/h10-11,13,26H,2,7-9,12,14-15H2,1,3-6H3. The molecule has 2 nitrogen and oxygen atoms in total. The van der Waals surface area contributed by atoms with E-state index in [0.717, 1.165) is 36.5 Å². The van der Waals surface area contributed by atoms with Crippen molar-refractivity contribution in [3.8, 4) is 0 Å². The molecule has 1 aromatic heterocycles. The van der Waals surface area contributed by atoms with Crippen molar-refractivity contribution in [3.63, 3.8) is 0 Å². The van der Waals surface area contributed by atoms with E-state index >= 15 is 0 Å². The second kappa shape index (κ2) is 8.28. The van der Waals surface area contributed by atoms with E-state index in [1.54, 1.807) is 6.07 Å². The molecule has 152 valence electrons. The largest absolute Gasteiger partial charge is 0.366 e. The van der Waals surface area contributed by atoms with Crippen molar-refractivity contribution in [1.29, 1.82) is 0 Å². The summed E-state index contributed by atoms with van der Waals surface area (Å²) in [5.41, 5.74) is 7.80. The van der Waals surface area contributed by atoms with Crippen molar-refractivity contribution in [2.24, 2.45) is 5.41 Å². The maximum atomic E-state index is 13.5. The highest BCUT2D eigenvalue weighted by molar-refractivity contribution is 7.10. The summed E-state index contributed by atoms with van der Waals surface area (Å²) >= 11 is 1.26. The molecule has 28 heavy (non-hydrogen) atoms. The fraction of sp³-hybridized carbons (Fsp3) is 0.500. The number of allylic oxidation sites excluding steroid dienone is 1. The first-order valence-corrected chi connectivity index (χ1v) is 11.0. The molecule has 1 N–H and O–H groups in total. The van der Waals surface area contributed by atoms with Crippen LogP contribution in [0.2, 0.25) is 0 Å². The third-order valence-corrected chi connectivity index (χ3v) is 6.21. The number of thiophene rings is 1. The van der Waals surface area contributed by atoms with E-state index in [0.29, 0.717) is 0 Å². The van der Waals surface area contributed by atoms with Crippen LogP contribution in [-0.4, -0.2) is 6.54 Å². The lowest BCUT2D eigenvalue weighted by Gasteiger charge is -2.28. The summed E-state index contributed by atoms with van der Waals surface area (Å²) in [5, 5.41) is 3.51. The number of rotatable bonds is 5. The second-order valence-corrected chi connectivity index (χ2v) is 10.4. The molecule has 0 unspecified atom stereocenters. The average molecular weight is 401 g/mol. The lowest BCUT2D eigenvalue weighted by Crippen LogP contribution is -2.23. The highest BCUT2D eigenvalue weighted by atomic mass is 32.1. The van der Waals surface area contributed by atoms with Crippen molar-refractivity contribution in [3.05, 3.63) is 57.2 Å². The van der Waals surface area contributed by atoms with Gasteiger partial charge in [-0.3, -0.25) is 0 Å². The fourth-order valence-electron chi connectivity index (χ4n) is 4.17. The van der Waals surface area contributed by atoms with E-state index in [1.165, 1.54) is 52.2 Å². The number of aryl methyl sites for hydroxylation is 1. The molecular weight excluding hydrogens is 367 g/mol. The van der Waals surface area contributed by atoms with Crippen molar-refractivity contribution in [2.45, 2.75) is 66.8 Å². The fourth-order valence-corrected chi connectivity index (χ4v) is 4.91. The molecule has 3 rings (SSSR count). The number of fused-ring (bicyclic) bond motifs is 1. The Hall–Kier alpha value is -1.81. The Morgan fingerprint density at radius 2 is 2.00 bits per heavy atom. The van der Waals surface area contributed by atoms with E-state index in [1.807, 2.05) is 6.07 Å². The minimum absolute atomic E-state index is 0.102. The van der Waals surface area contributed by atoms with E-state index in [4.69, 9.17) is 0 Å². The summed E-state index contributed by atoms with van der Waals surface area (Å²) < 4.78 is 13.5. The van der Waals surface area contributed by atoms with Crippen LogP contribution in [0, 0.1) is 24.4 Å². The first-order chi connectivity index (χ1) is 13.1. The molecule has 1 aliphatic rings. The van der Waals surface area contributed by atoms with E-state index < -0.39 is 0 Å². The first kappa shape index (κ1) is 20.9. The van der Waals surface area contributed by atoms with Gasteiger partial charge in [0.05, 0.1) is 6.54 Å². The van der Waals surface area contributed by atoms with Crippen molar-refractivity contribution in [2.75, 3.05) is 16.8 Å². The van der Waals surface area contributed by atoms with Gasteiger partial charge >= 0.3 is 0 Å². The van der Waals surface area contributed by atoms with Crippen LogP contribution in [0.3, 0.4) is 0 Å². The summed E-state index contributed by atoms with van der Waals surface area (Å²) in [7, 11) is 0. The molecule has 0 radical (unpaired) electrons. The minimum atomic E-state index is -0.102. The number of anilines is 2. The molecule has 2 heterocycles. The molecular formula is C24H33FN2S. The molecule has 2 aromatic rings. The summed E-state index contributed by atoms with van der Waals surface area (Å²) in [4.78, 5) is 3.52. The van der Waals surface area contributed by atoms with Gasteiger partial charge < -0.3 is 10.2 Å². The van der Waals surface area contributed by atoms with Gasteiger partial charge in [0.2, 0.25) is 0 Å². The van der Waals surface area contributed by atoms with Crippen LogP contribution in [-0.2, 0) is 13.0 Å². The Bertz CT molecular complexity index is 860. The zero-order valence-electron chi connectivity index (χ0n) is 17.9. The highest BCUT2D eigenvalue weighted by Gasteiger charge is 2.22. The highest BCUT2D eigenvalue weighted by Crippen LogP contribution is 2.38. The molecule has 0 aliphatic carbocycles. The van der Waals surface area contributed by atoms with Gasteiger partial charge in [-0.2, -0.15) is 4.39 Å². The monoisotopic (exact) mass is 400 g/mol. The molecule has 0 saturated carbocycles. The van der Waals surface area contributed by atoms with Gasteiger partial charge in [-0.05, 0) is 79.8 Å². The number of hydrogen-bond donors (Lipinski definition) is 1. The van der Waals surface area contributed by atoms with Gasteiger partial charge in [0.15, 0.2) is 5.13 Å². The van der Waals surface area contributed by atoms with Crippen LogP contribution in [0.4, 0.5) is 15.8 Å². The van der Waals surface area contributed by atoms with Gasteiger partial charge in [-0.15, -0.1) is 11.3 Å². The Balaban J connectivity index is 1.91. The lowest BCUT2D eigenvalue weighted by atomic mass is 9.90. The number of nitrogens with one attached hydrogen (secondary N) is 1. The molecule has 0 spiro atoms. The maximum Gasteiger partial charge on any atom is 0.176 e. The van der Waals surface area contributed by atoms with Crippen molar-refractivity contribution < 1.29 is 4.39 Å². The van der Waals surface area contributed by atoms with Crippen LogP contribution in [0.1, 0.15) is 61.6 Å². The molecule has 4 heteroatoms. The minimum Gasteiger partial charge on any atom is -0.366 e. The van der Waals surface area contributed by atoms with E-state index in [2.05, 4.69) is 57.5 Å². The molecule has 0 atom stereocenters. The Morgan fingerprint density at radius 3 is 2.64 bits per heavy atom. The Kier molecular flexibility index (Phi) is 6.18. The van der Waals surface area contributed by atoms with Crippen LogP contribution in [0.15, 0.2) is 30.5 Å². The number of hydrogen-bond acceptors (Lipinski definition) is 3. The predicted molar refractivity (Wildman–Crippen MR) is 121 cm³/mol. The van der Waals surface area contributed by atoms with Crippen LogP contribution >= 0.6 is 11.3 Å². The van der Waals surface area contributed by atoms with Gasteiger partial charge in [0, 0.05) is 28.5 Å². The van der Waals surface area contributed by atoms with E-state index in [-0.39, 0.29) is 10.5 Å². The molecule has 1 aromatic carbocycles. The first-order valence-electron chi connectivity index (χ1n) is 10.2. The summed E-state index contributed by atoms with van der Waals surface area (Å²) in [6.07, 6.45) is 4.39. The number of nitrogens with zero attached hydrogens (tertiary/aromatic N) is 1. The number of benzene rings is 1. The smallest absolute Gasteiger partial charge is 0.176 e. The van der Waals surface area contributed by atoms with E-state index in [9.17, 15) is 4.39 Å². The summed E-state index contributed by atoms with van der Waals surface area (Å²) in [6.45, 7) is 17.2. The second-order valence-electron chi connectivity index (χ2n) is 9.24. The molecule has 1 aliphatic heterocycles. The molecule has 0 saturated heterocycles. The maximum absolute atomic E-state index is 13.5. The quantitative estimate of drug-likeness (QED) is 0.570. The zero-order valence-corrected chi connectivity index (χ0v) is 18.7. The summed E-state index contributed by atoms with van der Waals surface area (Å²) in [6, 6.07) is 5.80. The molecule has 0 amide bonds. The van der Waals surface area contributed by atoms with Crippen LogP contribution in [0.25, 0.3) is 0 Å². The SMILES string of the molecule is C=C(CC(C)(C)C)Nc1c(C)cc2c(c1C)CCCCN2Cc1ccc(F)s1. The average Bonchev–Trinajstić information content (AvgIpc) is 2.88. The Labute approximate surface area is 173 Å². The molecule has 0 bridgehead atoms. The Morgan fingerprint density at radius 1 is 1.25 bits per heavy atom. The normalized spacial score (nSPS) is 14.6. The van der Waals surface area contributed by atoms with Gasteiger partial charge in [0.1, 0.15) is 0 Å².